The largest absolute Gasteiger partial charge is 0.491 e. The van der Waals surface area contributed by atoms with Gasteiger partial charge in [-0.15, -0.1) is 11.3 Å². The Hall–Kier alpha value is -2.98. The zero-order chi connectivity index (χ0) is 21.0. The number of carbonyl (C=O) groups excluding carboxylic acids is 1. The molecule has 1 aromatic carbocycles. The fraction of sp³-hybridized carbons (Fsp3) is 0.211. The number of benzene rings is 1. The van der Waals surface area contributed by atoms with Gasteiger partial charge in [-0.1, -0.05) is 0 Å². The molecule has 3 rings (SSSR count). The Morgan fingerprint density at radius 1 is 1.14 bits per heavy atom. The average Bonchev–Trinajstić information content (AvgIpc) is 3.13. The van der Waals surface area contributed by atoms with Crippen LogP contribution in [-0.4, -0.2) is 36.7 Å². The number of carbonyl (C=O) groups is 1. The number of aromatic nitrogens is 2. The average molecular weight is 434 g/mol. The summed E-state index contributed by atoms with van der Waals surface area (Å²) < 4.78 is 34.5. The topological polar surface area (TPSA) is 107 Å². The van der Waals surface area contributed by atoms with Crippen LogP contribution >= 0.6 is 11.3 Å². The maximum atomic E-state index is 12.6. The first kappa shape index (κ1) is 20.7. The first-order valence-electron chi connectivity index (χ1n) is 8.57. The number of nitrogens with zero attached hydrogens (tertiary/aromatic N) is 2. The summed E-state index contributed by atoms with van der Waals surface area (Å²) >= 11 is 1.31. The maximum absolute atomic E-state index is 12.6. The van der Waals surface area contributed by atoms with E-state index in [9.17, 15) is 13.2 Å². The summed E-state index contributed by atoms with van der Waals surface area (Å²) in [4.78, 5) is 20.7. The third-order valence-electron chi connectivity index (χ3n) is 3.53. The Kier molecular flexibility index (Phi) is 6.14. The molecular formula is C19H19N3O5S2. The first-order chi connectivity index (χ1) is 13.7. The predicted octanol–water partition coefficient (Wildman–Crippen LogP) is 3.77. The van der Waals surface area contributed by atoms with Crippen LogP contribution in [0.25, 0.3) is 0 Å². The van der Waals surface area contributed by atoms with E-state index < -0.39 is 9.84 Å². The zero-order valence-corrected chi connectivity index (χ0v) is 17.6. The molecule has 0 atom stereocenters. The molecule has 2 heterocycles. The molecule has 2 aromatic heterocycles. The van der Waals surface area contributed by atoms with E-state index in [4.69, 9.17) is 9.47 Å². The molecule has 0 fully saturated rings. The van der Waals surface area contributed by atoms with Gasteiger partial charge in [-0.05, 0) is 32.0 Å². The Bertz CT molecular complexity index is 1100. The molecule has 10 heteroatoms. The van der Waals surface area contributed by atoms with Crippen molar-refractivity contribution in [1.82, 2.24) is 9.97 Å². The van der Waals surface area contributed by atoms with Crippen LogP contribution in [-0.2, 0) is 9.84 Å². The number of hydrogen-bond acceptors (Lipinski definition) is 8. The van der Waals surface area contributed by atoms with E-state index in [1.807, 2.05) is 13.8 Å². The lowest BCUT2D eigenvalue weighted by atomic mass is 10.2. The smallest absolute Gasteiger partial charge is 0.257 e. The molecule has 0 radical (unpaired) electrons. The van der Waals surface area contributed by atoms with Crippen molar-refractivity contribution in [2.24, 2.45) is 0 Å². The monoisotopic (exact) mass is 433 g/mol. The highest BCUT2D eigenvalue weighted by molar-refractivity contribution is 7.90. The van der Waals surface area contributed by atoms with Crippen LogP contribution in [0, 0.1) is 0 Å². The Morgan fingerprint density at radius 2 is 1.90 bits per heavy atom. The van der Waals surface area contributed by atoms with E-state index in [1.165, 1.54) is 29.7 Å². The van der Waals surface area contributed by atoms with Gasteiger partial charge in [0.25, 0.3) is 5.91 Å². The van der Waals surface area contributed by atoms with Gasteiger partial charge in [0, 0.05) is 41.7 Å². The van der Waals surface area contributed by atoms with Gasteiger partial charge in [-0.3, -0.25) is 10.1 Å². The Morgan fingerprint density at radius 3 is 2.48 bits per heavy atom. The second kappa shape index (κ2) is 8.58. The second-order valence-electron chi connectivity index (χ2n) is 6.36. The second-order valence-corrected chi connectivity index (χ2v) is 9.27. The molecule has 1 amide bonds. The summed E-state index contributed by atoms with van der Waals surface area (Å²) in [7, 11) is -3.35. The van der Waals surface area contributed by atoms with E-state index in [-0.39, 0.29) is 22.8 Å². The minimum Gasteiger partial charge on any atom is -0.491 e. The molecule has 0 saturated heterocycles. The van der Waals surface area contributed by atoms with Crippen LogP contribution < -0.4 is 14.8 Å². The molecule has 0 unspecified atom stereocenters. The van der Waals surface area contributed by atoms with Crippen molar-refractivity contribution >= 4 is 32.2 Å². The van der Waals surface area contributed by atoms with Crippen molar-refractivity contribution in [3.05, 3.63) is 53.7 Å². The van der Waals surface area contributed by atoms with Crippen LogP contribution in [0.3, 0.4) is 0 Å². The van der Waals surface area contributed by atoms with Gasteiger partial charge in [-0.2, -0.15) is 0 Å². The number of pyridine rings is 1. The summed E-state index contributed by atoms with van der Waals surface area (Å²) in [6.07, 6.45) is 3.81. The summed E-state index contributed by atoms with van der Waals surface area (Å²) in [6, 6.07) is 7.63. The molecular weight excluding hydrogens is 414 g/mol. The van der Waals surface area contributed by atoms with Gasteiger partial charge in [0.1, 0.15) is 11.5 Å². The molecule has 8 nitrogen and oxygen atoms in total. The molecule has 0 aliphatic rings. The molecule has 152 valence electrons. The van der Waals surface area contributed by atoms with Crippen molar-refractivity contribution < 1.29 is 22.7 Å². The number of ether oxygens (including phenoxy) is 2. The van der Waals surface area contributed by atoms with Crippen LogP contribution in [0.1, 0.15) is 24.2 Å². The fourth-order valence-electron chi connectivity index (χ4n) is 2.32. The number of nitrogens with one attached hydrogen (secondary N) is 1. The minimum atomic E-state index is -3.35. The van der Waals surface area contributed by atoms with E-state index in [0.29, 0.717) is 22.2 Å². The molecule has 0 spiro atoms. The molecule has 0 bridgehead atoms. The number of thiazole rings is 1. The van der Waals surface area contributed by atoms with E-state index in [0.717, 1.165) is 6.26 Å². The van der Waals surface area contributed by atoms with Crippen molar-refractivity contribution in [2.45, 2.75) is 24.8 Å². The lowest BCUT2D eigenvalue weighted by Gasteiger charge is -2.13. The zero-order valence-electron chi connectivity index (χ0n) is 15.9. The predicted molar refractivity (Wildman–Crippen MR) is 110 cm³/mol. The molecule has 1 N–H and O–H groups in total. The van der Waals surface area contributed by atoms with Gasteiger partial charge < -0.3 is 9.47 Å². The van der Waals surface area contributed by atoms with Crippen LogP contribution in [0.4, 0.5) is 5.13 Å². The highest BCUT2D eigenvalue weighted by atomic mass is 32.2. The lowest BCUT2D eigenvalue weighted by molar-refractivity contribution is 0.102. The number of rotatable bonds is 7. The standard InChI is InChI=1S/C19H19N3O5S2/c1-12(2)26-14-8-13(18(23)22-19-20-6-7-28-19)9-15(10-14)27-17-5-4-16(11-21-17)29(3,24)25/h4-12H,1-3H3,(H,20,22,23). The van der Waals surface area contributed by atoms with Gasteiger partial charge >= 0.3 is 0 Å². The van der Waals surface area contributed by atoms with Gasteiger partial charge in [0.15, 0.2) is 15.0 Å². The summed E-state index contributed by atoms with van der Waals surface area (Å²) in [5, 5.41) is 4.94. The summed E-state index contributed by atoms with van der Waals surface area (Å²) in [5.41, 5.74) is 0.320. The number of sulfone groups is 1. The normalized spacial score (nSPS) is 11.3. The SMILES string of the molecule is CC(C)Oc1cc(Oc2ccc(S(C)(=O)=O)cn2)cc(C(=O)Nc2nccs2)c1. The third-order valence-corrected chi connectivity index (χ3v) is 5.31. The highest BCUT2D eigenvalue weighted by Crippen LogP contribution is 2.28. The molecule has 0 aliphatic carbocycles. The van der Waals surface area contributed by atoms with Crippen molar-refractivity contribution in [1.29, 1.82) is 0 Å². The molecule has 29 heavy (non-hydrogen) atoms. The number of amides is 1. The highest BCUT2D eigenvalue weighted by Gasteiger charge is 2.14. The van der Waals surface area contributed by atoms with Gasteiger partial charge in [0.05, 0.1) is 11.0 Å². The molecule has 3 aromatic rings. The quantitative estimate of drug-likeness (QED) is 0.604. The van der Waals surface area contributed by atoms with Crippen molar-refractivity contribution in [2.75, 3.05) is 11.6 Å². The van der Waals surface area contributed by atoms with E-state index >= 15 is 0 Å². The van der Waals surface area contributed by atoms with Gasteiger partial charge in [0.2, 0.25) is 5.88 Å². The summed E-state index contributed by atoms with van der Waals surface area (Å²) in [6.45, 7) is 3.74. The van der Waals surface area contributed by atoms with Crippen LogP contribution in [0.2, 0.25) is 0 Å². The number of hydrogen-bond donors (Lipinski definition) is 1. The van der Waals surface area contributed by atoms with Crippen LogP contribution in [0.15, 0.2) is 53.0 Å². The molecule has 0 aliphatic heterocycles. The first-order valence-corrected chi connectivity index (χ1v) is 11.3. The Balaban J connectivity index is 1.87. The van der Waals surface area contributed by atoms with Crippen molar-refractivity contribution in [3.63, 3.8) is 0 Å². The maximum Gasteiger partial charge on any atom is 0.257 e. The van der Waals surface area contributed by atoms with Crippen LogP contribution in [0.5, 0.6) is 17.4 Å². The molecule has 0 saturated carbocycles. The summed E-state index contributed by atoms with van der Waals surface area (Å²) in [5.74, 6) is 0.603. The lowest BCUT2D eigenvalue weighted by Crippen LogP contribution is -2.13. The number of anilines is 1. The van der Waals surface area contributed by atoms with E-state index in [1.54, 1.807) is 29.8 Å². The van der Waals surface area contributed by atoms with Crippen molar-refractivity contribution in [3.8, 4) is 17.4 Å². The van der Waals surface area contributed by atoms with Gasteiger partial charge in [-0.25, -0.2) is 18.4 Å². The minimum absolute atomic E-state index is 0.0882. The Labute approximate surface area is 172 Å². The fourth-order valence-corrected chi connectivity index (χ4v) is 3.41. The van der Waals surface area contributed by atoms with E-state index in [2.05, 4.69) is 15.3 Å². The third kappa shape index (κ3) is 5.75.